The average Bonchev–Trinajstić information content (AvgIpc) is 2.27. The molecule has 50 valence electrons. The van der Waals surface area contributed by atoms with E-state index in [1.54, 1.807) is 0 Å². The maximum Gasteiger partial charge on any atom is 0.0127 e. The van der Waals surface area contributed by atoms with Crippen LogP contribution in [0.5, 0.6) is 0 Å². The van der Waals surface area contributed by atoms with Crippen LogP contribution in [0.15, 0.2) is 24.3 Å². The minimum Gasteiger partial charge on any atom is -0.426 e. The predicted molar refractivity (Wildman–Crippen MR) is 40.1 cm³/mol. The molecule has 0 aliphatic heterocycles. The summed E-state index contributed by atoms with van der Waals surface area (Å²) in [5.74, 6) is 0. The molecule has 10 heavy (non-hydrogen) atoms. The number of hydrogen-bond acceptors (Lipinski definition) is 1. The number of nitrogens with zero attached hydrogens (tertiary/aromatic N) is 2. The molecule has 1 aromatic carbocycles. The van der Waals surface area contributed by atoms with E-state index in [1.165, 1.54) is 0 Å². The third kappa shape index (κ3) is 0.772. The first kappa shape index (κ1) is 5.74. The van der Waals surface area contributed by atoms with Gasteiger partial charge < -0.3 is 9.97 Å². The first-order valence-corrected chi connectivity index (χ1v) is 3.29. The number of rotatable bonds is 0. The number of aromatic nitrogens is 2. The van der Waals surface area contributed by atoms with Crippen molar-refractivity contribution in [3.8, 4) is 0 Å². The van der Waals surface area contributed by atoms with Gasteiger partial charge in [-0.3, -0.25) is 0 Å². The second kappa shape index (κ2) is 1.99. The fraction of sp³-hybridized carbons (Fsp3) is 0. The van der Waals surface area contributed by atoms with Crippen LogP contribution in [-0.4, -0.2) is 4.98 Å². The van der Waals surface area contributed by atoms with Crippen molar-refractivity contribution in [3.05, 3.63) is 29.5 Å². The highest BCUT2D eigenvalue weighted by Gasteiger charge is 1.84. The Morgan fingerprint density at radius 2 is 2.10 bits per heavy atom. The summed E-state index contributed by atoms with van der Waals surface area (Å²) in [5.41, 5.74) is 1.71. The maximum absolute atomic E-state index is 5.56. The van der Waals surface area contributed by atoms with Crippen LogP contribution in [0.1, 0.15) is 0 Å². The van der Waals surface area contributed by atoms with Crippen LogP contribution >= 0.6 is 11.6 Å². The molecule has 0 saturated heterocycles. The summed E-state index contributed by atoms with van der Waals surface area (Å²) in [7, 11) is 0. The zero-order valence-electron chi connectivity index (χ0n) is 5.08. The maximum atomic E-state index is 5.56. The Labute approximate surface area is 62.8 Å². The van der Waals surface area contributed by atoms with E-state index < -0.39 is 0 Å². The molecule has 0 N–H and O–H groups in total. The van der Waals surface area contributed by atoms with E-state index in [-0.39, 0.29) is 0 Å². The quantitative estimate of drug-likeness (QED) is 0.575. The summed E-state index contributed by atoms with van der Waals surface area (Å²) in [4.78, 5) is 7.93. The molecule has 0 bridgehead atoms. The zero-order chi connectivity index (χ0) is 6.97. The zero-order valence-corrected chi connectivity index (χ0v) is 5.84. The molecular formula is C7H4ClN2-. The lowest BCUT2D eigenvalue weighted by atomic mass is 10.3. The molecule has 0 unspecified atom stereocenters. The number of imidazole rings is 1. The van der Waals surface area contributed by atoms with Crippen molar-refractivity contribution in [1.29, 1.82) is 0 Å². The van der Waals surface area contributed by atoms with E-state index in [9.17, 15) is 0 Å². The van der Waals surface area contributed by atoms with E-state index in [1.807, 2.05) is 24.3 Å². The van der Waals surface area contributed by atoms with Crippen molar-refractivity contribution in [2.75, 3.05) is 0 Å². The molecule has 3 heteroatoms. The Bertz CT molecular complexity index is 320. The molecule has 2 nitrogen and oxygen atoms in total. The van der Waals surface area contributed by atoms with Crippen molar-refractivity contribution in [3.63, 3.8) is 0 Å². The number of fused-ring (bicyclic) bond motifs is 1. The van der Waals surface area contributed by atoms with Crippen molar-refractivity contribution in [2.24, 2.45) is 0 Å². The molecule has 0 atom stereocenters. The summed E-state index contributed by atoms with van der Waals surface area (Å²) in [5, 5.41) is 0.321. The van der Waals surface area contributed by atoms with Gasteiger partial charge in [0, 0.05) is 5.28 Å². The monoisotopic (exact) mass is 151 g/mol. The van der Waals surface area contributed by atoms with Crippen LogP contribution < -0.4 is 4.98 Å². The molecule has 1 aromatic heterocycles. The van der Waals surface area contributed by atoms with Crippen molar-refractivity contribution < 1.29 is 0 Å². The van der Waals surface area contributed by atoms with Gasteiger partial charge >= 0.3 is 0 Å². The number of para-hydroxylation sites is 2. The smallest absolute Gasteiger partial charge is 0.0127 e. The molecule has 0 spiro atoms. The van der Waals surface area contributed by atoms with Gasteiger partial charge in [0.15, 0.2) is 0 Å². The fourth-order valence-electron chi connectivity index (χ4n) is 0.877. The van der Waals surface area contributed by atoms with Gasteiger partial charge in [-0.05, 0) is 11.0 Å². The second-order valence-electron chi connectivity index (χ2n) is 1.98. The van der Waals surface area contributed by atoms with Gasteiger partial charge in [-0.25, -0.2) is 0 Å². The lowest BCUT2D eigenvalue weighted by Crippen LogP contribution is -1.66. The van der Waals surface area contributed by atoms with Crippen LogP contribution in [0.4, 0.5) is 0 Å². The highest BCUT2D eigenvalue weighted by atomic mass is 35.5. The Morgan fingerprint density at radius 1 is 1.30 bits per heavy atom. The number of halogens is 1. The summed E-state index contributed by atoms with van der Waals surface area (Å²) < 4.78 is 0. The van der Waals surface area contributed by atoms with Crippen molar-refractivity contribution >= 4 is 22.6 Å². The lowest BCUT2D eigenvalue weighted by Gasteiger charge is -1.88. The SMILES string of the molecule is Clc1nc2ccccc2[n-]1. The molecule has 0 fully saturated rings. The summed E-state index contributed by atoms with van der Waals surface area (Å²) in [6, 6.07) is 7.59. The first-order chi connectivity index (χ1) is 4.86. The Kier molecular flexibility index (Phi) is 1.14. The standard InChI is InChI=1S/C7H4ClN2/c8-7-9-5-3-1-2-4-6(5)10-7/h1-4H/q-1. The molecule has 1 heterocycles. The van der Waals surface area contributed by atoms with E-state index in [0.717, 1.165) is 11.0 Å². The first-order valence-electron chi connectivity index (χ1n) is 2.91. The van der Waals surface area contributed by atoms with Gasteiger partial charge in [-0.1, -0.05) is 35.9 Å². The van der Waals surface area contributed by atoms with Crippen LogP contribution in [-0.2, 0) is 0 Å². The van der Waals surface area contributed by atoms with Crippen LogP contribution in [0, 0.1) is 0 Å². The van der Waals surface area contributed by atoms with Crippen LogP contribution in [0.3, 0.4) is 0 Å². The molecular weight excluding hydrogens is 148 g/mol. The number of benzene rings is 1. The van der Waals surface area contributed by atoms with Gasteiger partial charge in [-0.15, -0.1) is 0 Å². The largest absolute Gasteiger partial charge is 0.426 e. The van der Waals surface area contributed by atoms with Gasteiger partial charge in [0.2, 0.25) is 0 Å². The highest BCUT2D eigenvalue weighted by molar-refractivity contribution is 6.28. The van der Waals surface area contributed by atoms with E-state index >= 15 is 0 Å². The van der Waals surface area contributed by atoms with E-state index in [4.69, 9.17) is 11.6 Å². The molecule has 0 aliphatic rings. The van der Waals surface area contributed by atoms with Crippen molar-refractivity contribution in [1.82, 2.24) is 9.97 Å². The molecule has 0 amide bonds. The third-order valence-corrected chi connectivity index (χ3v) is 1.48. The highest BCUT2D eigenvalue weighted by Crippen LogP contribution is 2.11. The Hall–Kier alpha value is -1.02. The van der Waals surface area contributed by atoms with Crippen LogP contribution in [0.2, 0.25) is 5.28 Å². The van der Waals surface area contributed by atoms with E-state index in [2.05, 4.69) is 9.97 Å². The molecule has 0 saturated carbocycles. The summed E-state index contributed by atoms with van der Waals surface area (Å²) in [6.45, 7) is 0. The normalized spacial score (nSPS) is 10.5. The third-order valence-electron chi connectivity index (χ3n) is 1.31. The minimum atomic E-state index is 0.321. The van der Waals surface area contributed by atoms with Gasteiger partial charge in [0.05, 0.1) is 0 Å². The second-order valence-corrected chi connectivity index (χ2v) is 2.32. The van der Waals surface area contributed by atoms with Crippen molar-refractivity contribution in [2.45, 2.75) is 0 Å². The topological polar surface area (TPSA) is 27.0 Å². The van der Waals surface area contributed by atoms with E-state index in [0.29, 0.717) is 5.28 Å². The Balaban J connectivity index is 2.88. The lowest BCUT2D eigenvalue weighted by molar-refractivity contribution is 1.32. The molecule has 0 radical (unpaired) electrons. The van der Waals surface area contributed by atoms with Gasteiger partial charge in [-0.2, -0.15) is 0 Å². The van der Waals surface area contributed by atoms with Gasteiger partial charge in [0.1, 0.15) is 0 Å². The fourth-order valence-corrected chi connectivity index (χ4v) is 1.06. The summed E-state index contributed by atoms with van der Waals surface area (Å²) in [6.07, 6.45) is 0. The number of hydrogen-bond donors (Lipinski definition) is 0. The van der Waals surface area contributed by atoms with Crippen LogP contribution in [0.25, 0.3) is 11.0 Å². The minimum absolute atomic E-state index is 0.321. The average molecular weight is 152 g/mol. The molecule has 2 rings (SSSR count). The Morgan fingerprint density at radius 3 is 2.90 bits per heavy atom. The molecule has 0 aliphatic carbocycles. The van der Waals surface area contributed by atoms with Gasteiger partial charge in [0.25, 0.3) is 0 Å². The predicted octanol–water partition coefficient (Wildman–Crippen LogP) is 1.85. The molecule has 2 aromatic rings. The summed E-state index contributed by atoms with van der Waals surface area (Å²) >= 11 is 5.56.